The van der Waals surface area contributed by atoms with Crippen molar-refractivity contribution in [1.82, 2.24) is 0 Å². The smallest absolute Gasteiger partial charge is 0.162 e. The largest absolute Gasteiger partial charge is 0.366 e. The Morgan fingerprint density at radius 1 is 1.60 bits per heavy atom. The maximum atomic E-state index is 9.38. The lowest BCUT2D eigenvalue weighted by atomic mass is 10.2. The molecule has 0 aromatic rings. The molecule has 10 heavy (non-hydrogen) atoms. The lowest BCUT2D eigenvalue weighted by Gasteiger charge is -2.21. The summed E-state index contributed by atoms with van der Waals surface area (Å²) in [4.78, 5) is 0. The Morgan fingerprint density at radius 3 is 2.60 bits per heavy atom. The second-order valence-corrected chi connectivity index (χ2v) is 3.28. The monoisotopic (exact) mass is 144 g/mol. The van der Waals surface area contributed by atoms with E-state index in [1.54, 1.807) is 6.92 Å². The van der Waals surface area contributed by atoms with Crippen molar-refractivity contribution >= 4 is 0 Å². The Hall–Kier alpha value is -0.0800. The van der Waals surface area contributed by atoms with Crippen molar-refractivity contribution < 1.29 is 9.84 Å². The maximum absolute atomic E-state index is 9.38. The molecule has 1 aliphatic rings. The van der Waals surface area contributed by atoms with Crippen LogP contribution in [0.4, 0.5) is 0 Å². The molecule has 1 unspecified atom stereocenters. The van der Waals surface area contributed by atoms with Crippen molar-refractivity contribution in [3.63, 3.8) is 0 Å². The van der Waals surface area contributed by atoms with E-state index in [0.717, 1.165) is 12.5 Å². The summed E-state index contributed by atoms with van der Waals surface area (Å²) in [6.07, 6.45) is 3.22. The number of rotatable bonds is 4. The van der Waals surface area contributed by atoms with Gasteiger partial charge >= 0.3 is 0 Å². The Labute approximate surface area is 62.2 Å². The van der Waals surface area contributed by atoms with E-state index in [-0.39, 0.29) is 0 Å². The molecule has 1 N–H and O–H groups in total. The zero-order chi connectivity index (χ0) is 7.61. The van der Waals surface area contributed by atoms with E-state index in [1.165, 1.54) is 12.8 Å². The molecule has 2 heteroatoms. The summed E-state index contributed by atoms with van der Waals surface area (Å²) in [5, 5.41) is 9.38. The molecule has 1 saturated carbocycles. The Kier molecular flexibility index (Phi) is 2.32. The molecule has 0 amide bonds. The molecule has 0 bridgehead atoms. The SMILES string of the molecule is CCC(C)(O)OCC1CC1. The van der Waals surface area contributed by atoms with E-state index in [1.807, 2.05) is 6.92 Å². The molecule has 60 valence electrons. The van der Waals surface area contributed by atoms with Crippen LogP contribution in [0.15, 0.2) is 0 Å². The predicted octanol–water partition coefficient (Wildman–Crippen LogP) is 1.53. The molecule has 0 saturated heterocycles. The molecule has 0 aromatic heterocycles. The van der Waals surface area contributed by atoms with Crippen molar-refractivity contribution in [2.45, 2.75) is 38.9 Å². The van der Waals surface area contributed by atoms with Gasteiger partial charge in [-0.3, -0.25) is 0 Å². The minimum absolute atomic E-state index is 0.666. The first-order chi connectivity index (χ1) is 4.64. The highest BCUT2D eigenvalue weighted by Gasteiger charge is 2.26. The molecule has 2 nitrogen and oxygen atoms in total. The van der Waals surface area contributed by atoms with Gasteiger partial charge in [0, 0.05) is 0 Å². The average molecular weight is 144 g/mol. The van der Waals surface area contributed by atoms with E-state index in [4.69, 9.17) is 4.74 Å². The summed E-state index contributed by atoms with van der Waals surface area (Å²) in [5.74, 6) is -0.152. The highest BCUT2D eigenvalue weighted by atomic mass is 16.6. The molecule has 0 aliphatic heterocycles. The molecule has 1 rings (SSSR count). The number of ether oxygens (including phenoxy) is 1. The fourth-order valence-corrected chi connectivity index (χ4v) is 0.684. The summed E-state index contributed by atoms with van der Waals surface area (Å²) in [7, 11) is 0. The van der Waals surface area contributed by atoms with Crippen LogP contribution in [0.5, 0.6) is 0 Å². The fraction of sp³-hybridized carbons (Fsp3) is 1.00. The summed E-state index contributed by atoms with van der Waals surface area (Å²) in [6, 6.07) is 0. The standard InChI is InChI=1S/C8H16O2/c1-3-8(2,9)10-6-7-4-5-7/h7,9H,3-6H2,1-2H3. The molecule has 0 radical (unpaired) electrons. The molecule has 0 spiro atoms. The Bertz CT molecular complexity index is 106. The minimum atomic E-state index is -0.886. The highest BCUT2D eigenvalue weighted by molar-refractivity contribution is 4.73. The van der Waals surface area contributed by atoms with Crippen molar-refractivity contribution in [1.29, 1.82) is 0 Å². The minimum Gasteiger partial charge on any atom is -0.366 e. The molecular formula is C8H16O2. The van der Waals surface area contributed by atoms with Gasteiger partial charge in [0.25, 0.3) is 0 Å². The van der Waals surface area contributed by atoms with Crippen molar-refractivity contribution in [3.05, 3.63) is 0 Å². The zero-order valence-corrected chi connectivity index (χ0v) is 6.76. The van der Waals surface area contributed by atoms with Gasteiger partial charge in [0.15, 0.2) is 5.79 Å². The first-order valence-electron chi connectivity index (χ1n) is 4.00. The van der Waals surface area contributed by atoms with Crippen LogP contribution in [0.3, 0.4) is 0 Å². The van der Waals surface area contributed by atoms with Gasteiger partial charge in [0.05, 0.1) is 6.61 Å². The second-order valence-electron chi connectivity index (χ2n) is 3.28. The molecule has 1 atom stereocenters. The molecule has 0 aromatic carbocycles. The van der Waals surface area contributed by atoms with Gasteiger partial charge in [-0.15, -0.1) is 0 Å². The lowest BCUT2D eigenvalue weighted by Crippen LogP contribution is -2.27. The van der Waals surface area contributed by atoms with E-state index in [0.29, 0.717) is 6.42 Å². The van der Waals surface area contributed by atoms with Gasteiger partial charge in [-0.25, -0.2) is 0 Å². The summed E-state index contributed by atoms with van der Waals surface area (Å²) in [5.41, 5.74) is 0. The van der Waals surface area contributed by atoms with Gasteiger partial charge < -0.3 is 9.84 Å². The lowest BCUT2D eigenvalue weighted by molar-refractivity contribution is -0.193. The van der Waals surface area contributed by atoms with Crippen LogP contribution in [-0.2, 0) is 4.74 Å². The van der Waals surface area contributed by atoms with Crippen LogP contribution in [0.1, 0.15) is 33.1 Å². The van der Waals surface area contributed by atoms with Crippen LogP contribution < -0.4 is 0 Å². The van der Waals surface area contributed by atoms with Crippen molar-refractivity contribution in [3.8, 4) is 0 Å². The molecule has 1 fully saturated rings. The topological polar surface area (TPSA) is 29.5 Å². The van der Waals surface area contributed by atoms with Crippen molar-refractivity contribution in [2.24, 2.45) is 5.92 Å². The Morgan fingerprint density at radius 2 is 2.20 bits per heavy atom. The molecular weight excluding hydrogens is 128 g/mol. The predicted molar refractivity (Wildman–Crippen MR) is 39.6 cm³/mol. The van der Waals surface area contributed by atoms with Crippen LogP contribution in [0.25, 0.3) is 0 Å². The Balaban J connectivity index is 2.09. The number of aliphatic hydroxyl groups is 1. The first-order valence-corrected chi connectivity index (χ1v) is 4.00. The third kappa shape index (κ3) is 2.67. The van der Waals surface area contributed by atoms with E-state index < -0.39 is 5.79 Å². The summed E-state index contributed by atoms with van der Waals surface area (Å²) in [6.45, 7) is 4.38. The van der Waals surface area contributed by atoms with Crippen LogP contribution >= 0.6 is 0 Å². The van der Waals surface area contributed by atoms with Gasteiger partial charge in [0.1, 0.15) is 0 Å². The average Bonchev–Trinajstić information content (AvgIpc) is 2.66. The third-order valence-electron chi connectivity index (χ3n) is 1.98. The third-order valence-corrected chi connectivity index (χ3v) is 1.98. The normalized spacial score (nSPS) is 24.3. The molecule has 0 heterocycles. The quantitative estimate of drug-likeness (QED) is 0.606. The number of hydrogen-bond acceptors (Lipinski definition) is 2. The fourth-order valence-electron chi connectivity index (χ4n) is 0.684. The maximum Gasteiger partial charge on any atom is 0.162 e. The van der Waals surface area contributed by atoms with Gasteiger partial charge in [-0.05, 0) is 32.1 Å². The van der Waals surface area contributed by atoms with Gasteiger partial charge in [0.2, 0.25) is 0 Å². The van der Waals surface area contributed by atoms with E-state index >= 15 is 0 Å². The summed E-state index contributed by atoms with van der Waals surface area (Å²) < 4.78 is 5.26. The molecule has 1 aliphatic carbocycles. The van der Waals surface area contributed by atoms with Crippen LogP contribution in [-0.4, -0.2) is 17.5 Å². The van der Waals surface area contributed by atoms with Gasteiger partial charge in [-0.2, -0.15) is 0 Å². The van der Waals surface area contributed by atoms with Crippen molar-refractivity contribution in [2.75, 3.05) is 6.61 Å². The zero-order valence-electron chi connectivity index (χ0n) is 6.76. The van der Waals surface area contributed by atoms with Crippen LogP contribution in [0, 0.1) is 5.92 Å². The van der Waals surface area contributed by atoms with E-state index in [9.17, 15) is 5.11 Å². The van der Waals surface area contributed by atoms with Gasteiger partial charge in [-0.1, -0.05) is 6.92 Å². The highest BCUT2D eigenvalue weighted by Crippen LogP contribution is 2.30. The number of hydrogen-bond donors (Lipinski definition) is 1. The first kappa shape index (κ1) is 8.02. The van der Waals surface area contributed by atoms with Crippen LogP contribution in [0.2, 0.25) is 0 Å². The van der Waals surface area contributed by atoms with E-state index in [2.05, 4.69) is 0 Å². The second kappa shape index (κ2) is 2.89. The summed E-state index contributed by atoms with van der Waals surface area (Å²) >= 11 is 0.